The minimum absolute atomic E-state index is 0.272. The van der Waals surface area contributed by atoms with Crippen molar-refractivity contribution in [3.8, 4) is 6.07 Å². The first kappa shape index (κ1) is 15.0. The van der Waals surface area contributed by atoms with Gasteiger partial charge in [-0.3, -0.25) is 4.79 Å². The predicted molar refractivity (Wildman–Crippen MR) is 89.1 cm³/mol. The van der Waals surface area contributed by atoms with Crippen LogP contribution >= 0.6 is 38.5 Å². The second kappa shape index (κ2) is 6.86. The number of hydrogen-bond donors (Lipinski definition) is 1. The topological polar surface area (TPSA) is 52.9 Å². The summed E-state index contributed by atoms with van der Waals surface area (Å²) in [4.78, 5) is 12.3. The van der Waals surface area contributed by atoms with Crippen LogP contribution in [0.3, 0.4) is 0 Å². The summed E-state index contributed by atoms with van der Waals surface area (Å²) >= 11 is 5.50. The number of carbonyl (C=O) groups excluding carboxylic acids is 1. The highest BCUT2D eigenvalue weighted by atomic mass is 127. The lowest BCUT2D eigenvalue weighted by Gasteiger charge is -2.13. The minimum Gasteiger partial charge on any atom is -0.332 e. The number of nitrogens with zero attached hydrogens (tertiary/aromatic N) is 1. The maximum absolute atomic E-state index is 12.3. The van der Waals surface area contributed by atoms with Crippen LogP contribution in [0.1, 0.15) is 22.0 Å². The first-order chi connectivity index (χ1) is 9.61. The molecule has 0 bridgehead atoms. The molecule has 0 spiro atoms. The van der Waals surface area contributed by atoms with Crippen LogP contribution < -0.4 is 5.32 Å². The molecule has 100 valence electrons. The molecule has 1 atom stereocenters. The van der Waals surface area contributed by atoms with E-state index in [1.807, 2.05) is 42.5 Å². The lowest BCUT2D eigenvalue weighted by Crippen LogP contribution is -2.28. The molecule has 5 heteroatoms. The van der Waals surface area contributed by atoms with Crippen molar-refractivity contribution in [3.05, 3.63) is 67.7 Å². The highest BCUT2D eigenvalue weighted by molar-refractivity contribution is 14.1. The molecule has 0 fully saturated rings. The van der Waals surface area contributed by atoms with E-state index in [4.69, 9.17) is 0 Å². The molecule has 0 aliphatic carbocycles. The van der Waals surface area contributed by atoms with Crippen molar-refractivity contribution in [2.45, 2.75) is 6.04 Å². The molecule has 0 aliphatic heterocycles. The predicted octanol–water partition coefficient (Wildman–Crippen LogP) is 4.05. The number of hydrogen-bond acceptors (Lipinski definition) is 2. The van der Waals surface area contributed by atoms with Gasteiger partial charge in [0, 0.05) is 8.04 Å². The fourth-order valence-electron chi connectivity index (χ4n) is 1.72. The molecule has 3 nitrogen and oxygen atoms in total. The summed E-state index contributed by atoms with van der Waals surface area (Å²) in [5, 5.41) is 12.0. The summed E-state index contributed by atoms with van der Waals surface area (Å²) in [5.41, 5.74) is 1.29. The van der Waals surface area contributed by atoms with Crippen molar-refractivity contribution in [2.24, 2.45) is 0 Å². The van der Waals surface area contributed by atoms with Gasteiger partial charge in [0.1, 0.15) is 6.04 Å². The molecular weight excluding hydrogens is 431 g/mol. The number of amides is 1. The van der Waals surface area contributed by atoms with E-state index >= 15 is 0 Å². The van der Waals surface area contributed by atoms with Crippen LogP contribution in [0.2, 0.25) is 0 Å². The second-order valence-electron chi connectivity index (χ2n) is 4.07. The number of carbonyl (C=O) groups is 1. The van der Waals surface area contributed by atoms with Crippen LogP contribution in [0.4, 0.5) is 0 Å². The number of halogens is 2. The normalized spacial score (nSPS) is 11.4. The Morgan fingerprint density at radius 3 is 2.60 bits per heavy atom. The standard InChI is InChI=1S/C15H10BrIN2O/c16-13-7-6-11(17)8-12(13)15(20)19-14(9-18)10-4-2-1-3-5-10/h1-8,14H,(H,19,20). The molecule has 0 aliphatic rings. The molecule has 0 radical (unpaired) electrons. The Morgan fingerprint density at radius 2 is 1.95 bits per heavy atom. The number of nitrogens with one attached hydrogen (secondary N) is 1. The third-order valence-electron chi connectivity index (χ3n) is 2.71. The molecule has 1 unspecified atom stereocenters. The second-order valence-corrected chi connectivity index (χ2v) is 6.17. The van der Waals surface area contributed by atoms with Crippen molar-refractivity contribution >= 4 is 44.4 Å². The monoisotopic (exact) mass is 440 g/mol. The Labute approximate surface area is 139 Å². The van der Waals surface area contributed by atoms with Crippen molar-refractivity contribution in [2.75, 3.05) is 0 Å². The zero-order chi connectivity index (χ0) is 14.5. The fraction of sp³-hybridized carbons (Fsp3) is 0.0667. The molecule has 2 aromatic carbocycles. The van der Waals surface area contributed by atoms with E-state index in [0.717, 1.165) is 9.13 Å². The quantitative estimate of drug-likeness (QED) is 0.732. The van der Waals surface area contributed by atoms with Gasteiger partial charge in [-0.05, 0) is 62.3 Å². The molecular formula is C15H10BrIN2O. The maximum atomic E-state index is 12.3. The van der Waals surface area contributed by atoms with Crippen molar-refractivity contribution < 1.29 is 4.79 Å². The van der Waals surface area contributed by atoms with Crippen LogP contribution in [0, 0.1) is 14.9 Å². The summed E-state index contributed by atoms with van der Waals surface area (Å²) in [6, 6.07) is 16.1. The highest BCUT2D eigenvalue weighted by Crippen LogP contribution is 2.21. The van der Waals surface area contributed by atoms with Gasteiger partial charge in [-0.1, -0.05) is 30.3 Å². The van der Waals surface area contributed by atoms with E-state index in [2.05, 4.69) is 49.9 Å². The van der Waals surface area contributed by atoms with Gasteiger partial charge in [0.05, 0.1) is 11.6 Å². The average Bonchev–Trinajstić information content (AvgIpc) is 2.48. The Hall–Kier alpha value is -1.39. The van der Waals surface area contributed by atoms with Gasteiger partial charge < -0.3 is 5.32 Å². The van der Waals surface area contributed by atoms with E-state index in [0.29, 0.717) is 10.0 Å². The van der Waals surface area contributed by atoms with Crippen molar-refractivity contribution in [3.63, 3.8) is 0 Å². The summed E-state index contributed by atoms with van der Waals surface area (Å²) in [5.74, 6) is -0.272. The molecule has 2 aromatic rings. The van der Waals surface area contributed by atoms with E-state index in [1.165, 1.54) is 0 Å². The van der Waals surface area contributed by atoms with Gasteiger partial charge in [0.25, 0.3) is 5.91 Å². The van der Waals surface area contributed by atoms with Gasteiger partial charge in [0.15, 0.2) is 0 Å². The molecule has 0 saturated heterocycles. The minimum atomic E-state index is -0.659. The first-order valence-corrected chi connectivity index (χ1v) is 7.69. The van der Waals surface area contributed by atoms with Crippen LogP contribution in [0.25, 0.3) is 0 Å². The first-order valence-electron chi connectivity index (χ1n) is 5.82. The van der Waals surface area contributed by atoms with Crippen LogP contribution in [0.15, 0.2) is 53.0 Å². The van der Waals surface area contributed by atoms with E-state index in [-0.39, 0.29) is 5.91 Å². The van der Waals surface area contributed by atoms with E-state index in [9.17, 15) is 10.1 Å². The summed E-state index contributed by atoms with van der Waals surface area (Å²) in [6.07, 6.45) is 0. The largest absolute Gasteiger partial charge is 0.332 e. The Bertz CT molecular complexity index is 667. The molecule has 1 amide bonds. The van der Waals surface area contributed by atoms with Crippen molar-refractivity contribution in [1.29, 1.82) is 5.26 Å². The third kappa shape index (κ3) is 3.58. The van der Waals surface area contributed by atoms with Gasteiger partial charge in [-0.2, -0.15) is 5.26 Å². The van der Waals surface area contributed by atoms with Crippen LogP contribution in [0.5, 0.6) is 0 Å². The van der Waals surface area contributed by atoms with Gasteiger partial charge in [-0.15, -0.1) is 0 Å². The SMILES string of the molecule is N#CC(NC(=O)c1cc(I)ccc1Br)c1ccccc1. The average molecular weight is 441 g/mol. The zero-order valence-corrected chi connectivity index (χ0v) is 14.1. The smallest absolute Gasteiger partial charge is 0.253 e. The van der Waals surface area contributed by atoms with E-state index < -0.39 is 6.04 Å². The van der Waals surface area contributed by atoms with Gasteiger partial charge in [-0.25, -0.2) is 0 Å². The lowest BCUT2D eigenvalue weighted by molar-refractivity contribution is 0.0944. The molecule has 1 N–H and O–H groups in total. The summed E-state index contributed by atoms with van der Waals surface area (Å²) in [7, 11) is 0. The number of nitriles is 1. The number of benzene rings is 2. The van der Waals surface area contributed by atoms with Gasteiger partial charge in [0.2, 0.25) is 0 Å². The number of rotatable bonds is 3. The fourth-order valence-corrected chi connectivity index (χ4v) is 2.63. The zero-order valence-electron chi connectivity index (χ0n) is 10.3. The highest BCUT2D eigenvalue weighted by Gasteiger charge is 2.16. The molecule has 0 aromatic heterocycles. The Balaban J connectivity index is 2.22. The Kier molecular flexibility index (Phi) is 5.15. The third-order valence-corrected chi connectivity index (χ3v) is 4.07. The summed E-state index contributed by atoms with van der Waals surface area (Å²) < 4.78 is 1.67. The lowest BCUT2D eigenvalue weighted by atomic mass is 10.1. The molecule has 2 rings (SSSR count). The Morgan fingerprint density at radius 1 is 1.25 bits per heavy atom. The van der Waals surface area contributed by atoms with E-state index in [1.54, 1.807) is 6.07 Å². The van der Waals surface area contributed by atoms with Gasteiger partial charge >= 0.3 is 0 Å². The van der Waals surface area contributed by atoms with Crippen LogP contribution in [-0.2, 0) is 0 Å². The molecule has 20 heavy (non-hydrogen) atoms. The molecule has 0 heterocycles. The molecule has 0 saturated carbocycles. The van der Waals surface area contributed by atoms with Crippen molar-refractivity contribution in [1.82, 2.24) is 5.32 Å². The maximum Gasteiger partial charge on any atom is 0.253 e. The summed E-state index contributed by atoms with van der Waals surface area (Å²) in [6.45, 7) is 0. The van der Waals surface area contributed by atoms with Crippen LogP contribution in [-0.4, -0.2) is 5.91 Å².